The van der Waals surface area contributed by atoms with Crippen molar-refractivity contribution in [3.63, 3.8) is 0 Å². The maximum atomic E-state index is 13.0. The van der Waals surface area contributed by atoms with E-state index in [4.69, 9.17) is 9.47 Å². The fourth-order valence-electron chi connectivity index (χ4n) is 6.44. The highest BCUT2D eigenvalue weighted by molar-refractivity contribution is 5.84. The molecule has 6 heteroatoms. The number of rotatable bonds is 8. The summed E-state index contributed by atoms with van der Waals surface area (Å²) < 4.78 is 10.7. The lowest BCUT2D eigenvalue weighted by Crippen LogP contribution is -2.53. The minimum Gasteiger partial charge on any atom is -0.497 e. The predicted octanol–water partition coefficient (Wildman–Crippen LogP) is 3.60. The standard InChI is InChI=1S/C24H34N2O4/c1-15(20-11-19(29-2)4-5-21(20)30-3)26-22(27)6-7-25-23(28)24-12-16-8-17(13-24)10-18(9-16)14-24/h4-5,11,15-18H,6-10,12-14H2,1-3H3,(H,25,28)(H,26,27). The van der Waals surface area contributed by atoms with Crippen molar-refractivity contribution in [2.75, 3.05) is 20.8 Å². The fraction of sp³-hybridized carbons (Fsp3) is 0.667. The molecule has 4 bridgehead atoms. The van der Waals surface area contributed by atoms with E-state index in [1.165, 1.54) is 19.3 Å². The first-order valence-corrected chi connectivity index (χ1v) is 11.2. The van der Waals surface area contributed by atoms with Crippen LogP contribution in [0.3, 0.4) is 0 Å². The third-order valence-corrected chi connectivity index (χ3v) is 7.44. The van der Waals surface area contributed by atoms with E-state index in [9.17, 15) is 9.59 Å². The first-order chi connectivity index (χ1) is 14.4. The Morgan fingerprint density at radius 1 is 1.07 bits per heavy atom. The smallest absolute Gasteiger partial charge is 0.226 e. The van der Waals surface area contributed by atoms with Crippen LogP contribution in [-0.4, -0.2) is 32.6 Å². The summed E-state index contributed by atoms with van der Waals surface area (Å²) in [6.07, 6.45) is 7.37. The summed E-state index contributed by atoms with van der Waals surface area (Å²) in [4.78, 5) is 25.5. The van der Waals surface area contributed by atoms with Crippen LogP contribution >= 0.6 is 0 Å². The van der Waals surface area contributed by atoms with E-state index in [1.54, 1.807) is 14.2 Å². The van der Waals surface area contributed by atoms with Gasteiger partial charge in [-0.2, -0.15) is 0 Å². The molecule has 0 aromatic heterocycles. The highest BCUT2D eigenvalue weighted by Gasteiger charge is 2.54. The largest absolute Gasteiger partial charge is 0.497 e. The number of hydrogen-bond acceptors (Lipinski definition) is 4. The molecule has 1 aromatic rings. The SMILES string of the molecule is COc1ccc(OC)c(C(C)NC(=O)CCNC(=O)C23CC4CC(CC(C4)C2)C3)c1. The van der Waals surface area contributed by atoms with Crippen molar-refractivity contribution in [1.82, 2.24) is 10.6 Å². The van der Waals surface area contributed by atoms with Crippen molar-refractivity contribution in [2.45, 2.75) is 57.9 Å². The molecule has 1 aromatic carbocycles. The van der Waals surface area contributed by atoms with E-state index < -0.39 is 0 Å². The summed E-state index contributed by atoms with van der Waals surface area (Å²) in [7, 11) is 3.22. The zero-order valence-electron chi connectivity index (χ0n) is 18.3. The van der Waals surface area contributed by atoms with E-state index in [-0.39, 0.29) is 29.7 Å². The van der Waals surface area contributed by atoms with E-state index in [0.717, 1.165) is 48.3 Å². The quantitative estimate of drug-likeness (QED) is 0.681. The summed E-state index contributed by atoms with van der Waals surface area (Å²) >= 11 is 0. The van der Waals surface area contributed by atoms with Gasteiger partial charge in [-0.15, -0.1) is 0 Å². The first-order valence-electron chi connectivity index (χ1n) is 11.2. The number of methoxy groups -OCH3 is 2. The van der Waals surface area contributed by atoms with Crippen LogP contribution in [0.5, 0.6) is 11.5 Å². The molecular formula is C24H34N2O4. The van der Waals surface area contributed by atoms with Crippen molar-refractivity contribution < 1.29 is 19.1 Å². The van der Waals surface area contributed by atoms with Gasteiger partial charge in [-0.1, -0.05) is 0 Å². The van der Waals surface area contributed by atoms with Gasteiger partial charge >= 0.3 is 0 Å². The number of hydrogen-bond donors (Lipinski definition) is 2. The Hall–Kier alpha value is -2.24. The van der Waals surface area contributed by atoms with Gasteiger partial charge in [0.15, 0.2) is 0 Å². The lowest BCUT2D eigenvalue weighted by molar-refractivity contribution is -0.146. The van der Waals surface area contributed by atoms with E-state index in [0.29, 0.717) is 12.3 Å². The number of amides is 2. The van der Waals surface area contributed by atoms with Crippen molar-refractivity contribution in [3.8, 4) is 11.5 Å². The van der Waals surface area contributed by atoms with Gasteiger partial charge in [0.1, 0.15) is 11.5 Å². The Morgan fingerprint density at radius 2 is 1.70 bits per heavy atom. The topological polar surface area (TPSA) is 76.7 Å². The average molecular weight is 415 g/mol. The van der Waals surface area contributed by atoms with Crippen molar-refractivity contribution >= 4 is 11.8 Å². The minimum absolute atomic E-state index is 0.0850. The van der Waals surface area contributed by atoms with E-state index in [2.05, 4.69) is 10.6 Å². The summed E-state index contributed by atoms with van der Waals surface area (Å²) in [5.74, 6) is 3.74. The monoisotopic (exact) mass is 414 g/mol. The molecule has 1 unspecified atom stereocenters. The molecule has 2 amide bonds. The molecule has 0 saturated heterocycles. The van der Waals surface area contributed by atoms with Crippen LogP contribution in [0.15, 0.2) is 18.2 Å². The van der Waals surface area contributed by atoms with Gasteiger partial charge < -0.3 is 20.1 Å². The molecule has 4 aliphatic carbocycles. The van der Waals surface area contributed by atoms with Crippen molar-refractivity contribution in [3.05, 3.63) is 23.8 Å². The molecule has 6 nitrogen and oxygen atoms in total. The van der Waals surface area contributed by atoms with Crippen LogP contribution < -0.4 is 20.1 Å². The first kappa shape index (κ1) is 21.0. The van der Waals surface area contributed by atoms with Crippen LogP contribution in [0.4, 0.5) is 0 Å². The summed E-state index contributed by atoms with van der Waals surface area (Å²) in [6, 6.07) is 5.32. The maximum absolute atomic E-state index is 13.0. The van der Waals surface area contributed by atoms with Crippen LogP contribution in [0.1, 0.15) is 63.5 Å². The van der Waals surface area contributed by atoms with Gasteiger partial charge in [0.2, 0.25) is 11.8 Å². The number of carbonyl (C=O) groups is 2. The summed E-state index contributed by atoms with van der Waals surface area (Å²) in [5, 5.41) is 6.09. The number of carbonyl (C=O) groups excluding carboxylic acids is 2. The molecule has 4 saturated carbocycles. The molecule has 0 aliphatic heterocycles. The van der Waals surface area contributed by atoms with Gasteiger partial charge in [-0.3, -0.25) is 9.59 Å². The highest BCUT2D eigenvalue weighted by atomic mass is 16.5. The Kier molecular flexibility index (Phi) is 5.94. The normalized spacial score (nSPS) is 29.9. The molecular weight excluding hydrogens is 380 g/mol. The zero-order valence-corrected chi connectivity index (χ0v) is 18.3. The van der Waals surface area contributed by atoms with Gasteiger partial charge in [0.05, 0.1) is 20.3 Å². The van der Waals surface area contributed by atoms with Crippen molar-refractivity contribution in [1.29, 1.82) is 0 Å². The molecule has 1 atom stereocenters. The molecule has 5 rings (SSSR count). The van der Waals surface area contributed by atoms with Crippen LogP contribution in [0.25, 0.3) is 0 Å². The number of nitrogens with one attached hydrogen (secondary N) is 2. The Balaban J connectivity index is 1.28. The summed E-state index contributed by atoms with van der Waals surface area (Å²) in [6.45, 7) is 2.30. The molecule has 0 radical (unpaired) electrons. The van der Waals surface area contributed by atoms with Crippen LogP contribution in [0.2, 0.25) is 0 Å². The van der Waals surface area contributed by atoms with E-state index >= 15 is 0 Å². The lowest BCUT2D eigenvalue weighted by Gasteiger charge is -2.55. The molecule has 164 valence electrons. The average Bonchev–Trinajstić information content (AvgIpc) is 2.72. The fourth-order valence-corrected chi connectivity index (χ4v) is 6.44. The second-order valence-corrected chi connectivity index (χ2v) is 9.60. The van der Waals surface area contributed by atoms with Gasteiger partial charge in [0, 0.05) is 23.9 Å². The molecule has 30 heavy (non-hydrogen) atoms. The van der Waals surface area contributed by atoms with Crippen LogP contribution in [0, 0.1) is 23.2 Å². The lowest BCUT2D eigenvalue weighted by atomic mass is 9.49. The number of benzene rings is 1. The van der Waals surface area contributed by atoms with Crippen molar-refractivity contribution in [2.24, 2.45) is 23.2 Å². The molecule has 2 N–H and O–H groups in total. The zero-order chi connectivity index (χ0) is 21.3. The molecule has 0 spiro atoms. The van der Waals surface area contributed by atoms with Gasteiger partial charge in [-0.05, 0) is 81.4 Å². The van der Waals surface area contributed by atoms with Crippen LogP contribution in [-0.2, 0) is 9.59 Å². The molecule has 0 heterocycles. The van der Waals surface area contributed by atoms with E-state index in [1.807, 2.05) is 25.1 Å². The molecule has 4 aliphatic rings. The Morgan fingerprint density at radius 3 is 2.27 bits per heavy atom. The third-order valence-electron chi connectivity index (χ3n) is 7.44. The second-order valence-electron chi connectivity index (χ2n) is 9.60. The van der Waals surface area contributed by atoms with Gasteiger partial charge in [-0.25, -0.2) is 0 Å². The Bertz CT molecular complexity index is 771. The number of ether oxygens (including phenoxy) is 2. The maximum Gasteiger partial charge on any atom is 0.226 e. The van der Waals surface area contributed by atoms with Gasteiger partial charge in [0.25, 0.3) is 0 Å². The second kappa shape index (κ2) is 8.48. The molecule has 4 fully saturated rings. The predicted molar refractivity (Wildman–Crippen MR) is 114 cm³/mol. The third kappa shape index (κ3) is 4.14. The Labute approximate surface area is 179 Å². The highest BCUT2D eigenvalue weighted by Crippen LogP contribution is 2.60. The summed E-state index contributed by atoms with van der Waals surface area (Å²) in [5.41, 5.74) is 0.703. The minimum atomic E-state index is -0.221.